The largest absolute Gasteiger partial charge is 0.467 e. The highest BCUT2D eigenvalue weighted by Gasteiger charge is 2.30. The quantitative estimate of drug-likeness (QED) is 0.229. The highest BCUT2D eigenvalue weighted by Crippen LogP contribution is 2.06. The highest BCUT2D eigenvalue weighted by molar-refractivity contribution is 6.01. The number of allylic oxidation sites excluding steroid dienone is 1. The van der Waals surface area contributed by atoms with E-state index in [1.807, 2.05) is 0 Å². The lowest BCUT2D eigenvalue weighted by Crippen LogP contribution is -2.50. The fourth-order valence-corrected chi connectivity index (χ4v) is 1.48. The maximum Gasteiger partial charge on any atom is 0.330 e. The molecule has 120 valence electrons. The zero-order chi connectivity index (χ0) is 16.4. The lowest BCUT2D eigenvalue weighted by molar-refractivity contribution is -0.148. The number of aliphatic hydroxyl groups excluding tert-OH is 2. The van der Waals surface area contributed by atoms with E-state index in [4.69, 9.17) is 10.2 Å². The summed E-state index contributed by atoms with van der Waals surface area (Å²) in [5.74, 6) is -3.26. The van der Waals surface area contributed by atoms with Crippen LogP contribution in [0.3, 0.4) is 0 Å². The van der Waals surface area contributed by atoms with Crippen LogP contribution in [-0.4, -0.2) is 60.4 Å². The van der Waals surface area contributed by atoms with Gasteiger partial charge in [0.15, 0.2) is 6.04 Å². The van der Waals surface area contributed by atoms with E-state index in [0.29, 0.717) is 0 Å². The molecule has 0 spiro atoms. The average molecular weight is 302 g/mol. The van der Waals surface area contributed by atoms with Crippen LogP contribution in [0.25, 0.3) is 0 Å². The second kappa shape index (κ2) is 9.89. The molecule has 3 atom stereocenters. The summed E-state index contributed by atoms with van der Waals surface area (Å²) in [6, 6.07) is -1.75. The van der Waals surface area contributed by atoms with E-state index in [1.54, 1.807) is 6.92 Å². The fourth-order valence-electron chi connectivity index (χ4n) is 1.48. The van der Waals surface area contributed by atoms with Gasteiger partial charge in [-0.25, -0.2) is 4.79 Å². The van der Waals surface area contributed by atoms with Crippen molar-refractivity contribution in [2.75, 3.05) is 20.3 Å². The van der Waals surface area contributed by atoms with Crippen LogP contribution in [0.1, 0.15) is 13.3 Å². The molecule has 1 unspecified atom stereocenters. The molecule has 0 aliphatic carbocycles. The van der Waals surface area contributed by atoms with Gasteiger partial charge in [-0.1, -0.05) is 6.08 Å². The van der Waals surface area contributed by atoms with E-state index < -0.39 is 42.4 Å². The van der Waals surface area contributed by atoms with Crippen LogP contribution in [0.15, 0.2) is 12.7 Å². The second-order valence-electron chi connectivity index (χ2n) is 4.44. The van der Waals surface area contributed by atoms with Crippen molar-refractivity contribution in [2.24, 2.45) is 5.92 Å². The minimum Gasteiger partial charge on any atom is -0.467 e. The van der Waals surface area contributed by atoms with Crippen molar-refractivity contribution in [2.45, 2.75) is 25.4 Å². The van der Waals surface area contributed by atoms with Crippen molar-refractivity contribution in [3.05, 3.63) is 12.7 Å². The molecule has 8 heteroatoms. The Balaban J connectivity index is 4.85. The molecule has 0 aromatic rings. The fraction of sp³-hybridized carbons (Fsp3) is 0.615. The number of amides is 2. The molecule has 0 aromatic heterocycles. The summed E-state index contributed by atoms with van der Waals surface area (Å²) in [4.78, 5) is 35.3. The number of carbonyl (C=O) groups excluding carboxylic acids is 3. The van der Waals surface area contributed by atoms with Crippen LogP contribution >= 0.6 is 0 Å². The normalized spacial score (nSPS) is 14.5. The Bertz CT molecular complexity index is 385. The topological polar surface area (TPSA) is 125 Å². The predicted molar refractivity (Wildman–Crippen MR) is 74.0 cm³/mol. The molecule has 0 rings (SSSR count). The molecule has 4 N–H and O–H groups in total. The molecule has 0 bridgehead atoms. The summed E-state index contributed by atoms with van der Waals surface area (Å²) in [5.41, 5.74) is 0. The monoisotopic (exact) mass is 302 g/mol. The van der Waals surface area contributed by atoms with Crippen LogP contribution in [0, 0.1) is 5.92 Å². The Kier molecular flexibility index (Phi) is 8.98. The van der Waals surface area contributed by atoms with E-state index in [-0.39, 0.29) is 13.0 Å². The molecule has 0 saturated heterocycles. The van der Waals surface area contributed by atoms with E-state index >= 15 is 0 Å². The summed E-state index contributed by atoms with van der Waals surface area (Å²) < 4.78 is 4.42. The van der Waals surface area contributed by atoms with Crippen molar-refractivity contribution in [3.8, 4) is 0 Å². The smallest absolute Gasteiger partial charge is 0.330 e. The maximum absolute atomic E-state index is 12.0. The van der Waals surface area contributed by atoms with Crippen molar-refractivity contribution in [1.82, 2.24) is 10.6 Å². The number of hydrogen-bond donors (Lipinski definition) is 4. The first-order valence-corrected chi connectivity index (χ1v) is 6.42. The van der Waals surface area contributed by atoms with E-state index in [1.165, 1.54) is 6.08 Å². The third-order valence-electron chi connectivity index (χ3n) is 2.68. The first-order valence-electron chi connectivity index (χ1n) is 6.42. The number of ether oxygens (including phenoxy) is 1. The van der Waals surface area contributed by atoms with Crippen LogP contribution < -0.4 is 10.6 Å². The third kappa shape index (κ3) is 6.37. The molecular weight excluding hydrogens is 280 g/mol. The van der Waals surface area contributed by atoms with Crippen LogP contribution in [0.2, 0.25) is 0 Å². The highest BCUT2D eigenvalue weighted by atomic mass is 16.5. The molecule has 8 nitrogen and oxygen atoms in total. The molecular formula is C13H22N2O6. The van der Waals surface area contributed by atoms with Gasteiger partial charge in [0.2, 0.25) is 11.8 Å². The standard InChI is InChI=1S/C13H22N2O6/c1-4-5-9(11(18)14-8(2)6-16)12(19)15-10(7-17)13(20)21-3/h4,8-10,16-17H,1,5-7H2,2-3H3,(H,14,18)(H,15,19)/t8-,9?,10-/m1/s1. The van der Waals surface area contributed by atoms with E-state index in [9.17, 15) is 14.4 Å². The number of esters is 1. The van der Waals surface area contributed by atoms with Gasteiger partial charge < -0.3 is 25.6 Å². The number of aliphatic hydroxyl groups is 2. The van der Waals surface area contributed by atoms with Gasteiger partial charge in [0, 0.05) is 6.04 Å². The second-order valence-corrected chi connectivity index (χ2v) is 4.44. The van der Waals surface area contributed by atoms with Crippen molar-refractivity contribution in [3.63, 3.8) is 0 Å². The van der Waals surface area contributed by atoms with Gasteiger partial charge in [0.1, 0.15) is 5.92 Å². The number of rotatable bonds is 9. The Labute approximate surface area is 123 Å². The van der Waals surface area contributed by atoms with E-state index in [2.05, 4.69) is 21.9 Å². The molecule has 0 saturated carbocycles. The molecule has 21 heavy (non-hydrogen) atoms. The number of hydrogen-bond acceptors (Lipinski definition) is 6. The van der Waals surface area contributed by atoms with Crippen molar-refractivity contribution < 1.29 is 29.3 Å². The summed E-state index contributed by atoms with van der Waals surface area (Å²) in [6.45, 7) is 4.13. The average Bonchev–Trinajstić information content (AvgIpc) is 2.48. The van der Waals surface area contributed by atoms with Crippen LogP contribution in [0.4, 0.5) is 0 Å². The van der Waals surface area contributed by atoms with Crippen molar-refractivity contribution in [1.29, 1.82) is 0 Å². The number of methoxy groups -OCH3 is 1. The predicted octanol–water partition coefficient (Wildman–Crippen LogP) is -1.67. The first kappa shape index (κ1) is 19.1. The Morgan fingerprint density at radius 1 is 1.19 bits per heavy atom. The molecule has 0 aliphatic rings. The van der Waals surface area contributed by atoms with Crippen molar-refractivity contribution >= 4 is 17.8 Å². The molecule has 0 aromatic carbocycles. The van der Waals surface area contributed by atoms with Gasteiger partial charge in [0.05, 0.1) is 20.3 Å². The zero-order valence-electron chi connectivity index (χ0n) is 12.2. The third-order valence-corrected chi connectivity index (χ3v) is 2.68. The first-order chi connectivity index (χ1) is 9.90. The lowest BCUT2D eigenvalue weighted by atomic mass is 10.0. The molecule has 2 amide bonds. The van der Waals surface area contributed by atoms with Gasteiger partial charge in [-0.05, 0) is 13.3 Å². The molecule has 0 aliphatic heterocycles. The van der Waals surface area contributed by atoms with Crippen LogP contribution in [-0.2, 0) is 19.1 Å². The van der Waals surface area contributed by atoms with Gasteiger partial charge in [-0.15, -0.1) is 6.58 Å². The molecule has 0 fully saturated rings. The van der Waals surface area contributed by atoms with E-state index in [0.717, 1.165) is 7.11 Å². The number of nitrogens with one attached hydrogen (secondary N) is 2. The summed E-state index contributed by atoms with van der Waals surface area (Å²) in [5, 5.41) is 22.6. The van der Waals surface area contributed by atoms with Gasteiger partial charge in [-0.3, -0.25) is 9.59 Å². The SMILES string of the molecule is C=CCC(C(=O)N[C@H](C)CO)C(=O)N[C@H](CO)C(=O)OC. The van der Waals surface area contributed by atoms with Gasteiger partial charge in [-0.2, -0.15) is 0 Å². The Hall–Kier alpha value is -1.93. The Morgan fingerprint density at radius 2 is 1.76 bits per heavy atom. The summed E-state index contributed by atoms with van der Waals surface area (Å²) in [7, 11) is 1.12. The van der Waals surface area contributed by atoms with Crippen LogP contribution in [0.5, 0.6) is 0 Å². The molecule has 0 radical (unpaired) electrons. The molecule has 0 heterocycles. The lowest BCUT2D eigenvalue weighted by Gasteiger charge is -2.20. The summed E-state index contributed by atoms with van der Waals surface area (Å²) in [6.07, 6.45) is 1.44. The summed E-state index contributed by atoms with van der Waals surface area (Å²) >= 11 is 0. The zero-order valence-corrected chi connectivity index (χ0v) is 12.2. The van der Waals surface area contributed by atoms with Gasteiger partial charge >= 0.3 is 5.97 Å². The Morgan fingerprint density at radius 3 is 2.19 bits per heavy atom. The van der Waals surface area contributed by atoms with Gasteiger partial charge in [0.25, 0.3) is 0 Å². The number of carbonyl (C=O) groups is 3. The minimum absolute atomic E-state index is 0.0507. The minimum atomic E-state index is -1.24. The maximum atomic E-state index is 12.0.